The first-order valence-electron chi connectivity index (χ1n) is 4.81. The van der Waals surface area contributed by atoms with Crippen LogP contribution in [0.15, 0.2) is 28.7 Å². The van der Waals surface area contributed by atoms with E-state index in [1.165, 1.54) is 0 Å². The molecule has 0 aliphatic heterocycles. The molecule has 0 saturated heterocycles. The molecule has 0 bridgehead atoms. The second-order valence-electron chi connectivity index (χ2n) is 3.32. The van der Waals surface area contributed by atoms with Crippen LogP contribution in [0.3, 0.4) is 0 Å². The monoisotopic (exact) mass is 265 g/mol. The highest BCUT2D eigenvalue weighted by Crippen LogP contribution is 2.26. The zero-order valence-electron chi connectivity index (χ0n) is 8.42. The summed E-state index contributed by atoms with van der Waals surface area (Å²) in [6, 6.07) is 8.09. The van der Waals surface area contributed by atoms with Gasteiger partial charge in [-0.05, 0) is 24.1 Å². The first kappa shape index (κ1) is 10.2. The molecule has 4 heteroatoms. The molecule has 0 aliphatic rings. The lowest BCUT2D eigenvalue weighted by atomic mass is 10.1. The van der Waals surface area contributed by atoms with E-state index in [1.807, 2.05) is 24.3 Å². The van der Waals surface area contributed by atoms with E-state index < -0.39 is 0 Å². The van der Waals surface area contributed by atoms with Gasteiger partial charge in [-0.1, -0.05) is 35.0 Å². The molecule has 0 atom stereocenters. The summed E-state index contributed by atoms with van der Waals surface area (Å²) < 4.78 is 1.07. The highest BCUT2D eigenvalue weighted by Gasteiger charge is 2.10. The minimum absolute atomic E-state index is 0.593. The van der Waals surface area contributed by atoms with Crippen LogP contribution in [0.4, 0.5) is 5.82 Å². The van der Waals surface area contributed by atoms with E-state index in [9.17, 15) is 0 Å². The number of nitrogen functional groups attached to an aromatic ring is 1. The van der Waals surface area contributed by atoms with Crippen molar-refractivity contribution in [2.75, 3.05) is 5.73 Å². The quantitative estimate of drug-likeness (QED) is 0.877. The fourth-order valence-electron chi connectivity index (χ4n) is 1.59. The number of halogens is 1. The van der Waals surface area contributed by atoms with E-state index in [1.54, 1.807) is 0 Å². The number of hydrogen-bond acceptors (Lipinski definition) is 2. The summed E-state index contributed by atoms with van der Waals surface area (Å²) in [5.41, 5.74) is 8.97. The van der Waals surface area contributed by atoms with E-state index in [4.69, 9.17) is 5.73 Å². The van der Waals surface area contributed by atoms with Gasteiger partial charge in [0.15, 0.2) is 0 Å². The van der Waals surface area contributed by atoms with Gasteiger partial charge in [0.25, 0.3) is 0 Å². The van der Waals surface area contributed by atoms with Crippen LogP contribution in [-0.2, 0) is 6.42 Å². The lowest BCUT2D eigenvalue weighted by molar-refractivity contribution is 1.10. The van der Waals surface area contributed by atoms with Gasteiger partial charge in [-0.3, -0.25) is 5.10 Å². The zero-order chi connectivity index (χ0) is 10.8. The zero-order valence-corrected chi connectivity index (χ0v) is 10.0. The Kier molecular flexibility index (Phi) is 2.77. The maximum atomic E-state index is 5.77. The van der Waals surface area contributed by atoms with Gasteiger partial charge in [-0.2, -0.15) is 5.10 Å². The van der Waals surface area contributed by atoms with Crippen molar-refractivity contribution in [3.8, 4) is 11.3 Å². The lowest BCUT2D eigenvalue weighted by Gasteiger charge is -2.01. The molecule has 3 nitrogen and oxygen atoms in total. The maximum absolute atomic E-state index is 5.77. The number of nitrogens with one attached hydrogen (secondary N) is 1. The van der Waals surface area contributed by atoms with Crippen molar-refractivity contribution in [3.05, 3.63) is 34.3 Å². The van der Waals surface area contributed by atoms with Gasteiger partial charge in [0, 0.05) is 10.0 Å². The molecule has 15 heavy (non-hydrogen) atoms. The minimum atomic E-state index is 0.593. The molecular weight excluding hydrogens is 254 g/mol. The third-order valence-corrected chi connectivity index (χ3v) is 2.91. The Bertz CT molecular complexity index is 459. The normalized spacial score (nSPS) is 10.5. The molecule has 0 unspecified atom stereocenters. The summed E-state index contributed by atoms with van der Waals surface area (Å²) in [5, 5.41) is 7.00. The predicted molar refractivity (Wildman–Crippen MR) is 65.5 cm³/mol. The molecule has 0 spiro atoms. The van der Waals surface area contributed by atoms with Gasteiger partial charge in [0.2, 0.25) is 0 Å². The topological polar surface area (TPSA) is 54.7 Å². The third kappa shape index (κ3) is 1.90. The van der Waals surface area contributed by atoms with Crippen molar-refractivity contribution in [3.63, 3.8) is 0 Å². The second-order valence-corrected chi connectivity index (χ2v) is 4.24. The van der Waals surface area contributed by atoms with E-state index in [2.05, 4.69) is 33.1 Å². The van der Waals surface area contributed by atoms with Crippen LogP contribution in [0, 0.1) is 0 Å². The van der Waals surface area contributed by atoms with E-state index >= 15 is 0 Å². The van der Waals surface area contributed by atoms with Crippen LogP contribution in [0.5, 0.6) is 0 Å². The number of aromatic amines is 1. The van der Waals surface area contributed by atoms with Gasteiger partial charge in [-0.15, -0.1) is 0 Å². The summed E-state index contributed by atoms with van der Waals surface area (Å²) >= 11 is 3.41. The molecule has 0 fully saturated rings. The molecule has 0 radical (unpaired) electrons. The summed E-state index contributed by atoms with van der Waals surface area (Å²) in [6.07, 6.45) is 0.883. The Morgan fingerprint density at radius 2 is 2.00 bits per heavy atom. The lowest BCUT2D eigenvalue weighted by Crippen LogP contribution is -1.90. The standard InChI is InChI=1S/C11H12BrN3/c1-2-9-10(14-15-11(9)13)7-3-5-8(12)6-4-7/h3-6H,2H2,1H3,(H3,13,14,15). The molecule has 2 rings (SSSR count). The van der Waals surface area contributed by atoms with Gasteiger partial charge < -0.3 is 5.73 Å². The van der Waals surface area contributed by atoms with Crippen LogP contribution in [-0.4, -0.2) is 10.2 Å². The van der Waals surface area contributed by atoms with E-state index in [-0.39, 0.29) is 0 Å². The summed E-state index contributed by atoms with van der Waals surface area (Å²) in [6.45, 7) is 2.07. The highest BCUT2D eigenvalue weighted by atomic mass is 79.9. The highest BCUT2D eigenvalue weighted by molar-refractivity contribution is 9.10. The van der Waals surface area contributed by atoms with Crippen LogP contribution >= 0.6 is 15.9 Å². The van der Waals surface area contributed by atoms with Crippen molar-refractivity contribution in [2.45, 2.75) is 13.3 Å². The number of nitrogens with two attached hydrogens (primary N) is 1. The van der Waals surface area contributed by atoms with Crippen LogP contribution in [0.1, 0.15) is 12.5 Å². The van der Waals surface area contributed by atoms with Crippen LogP contribution in [0.2, 0.25) is 0 Å². The molecule has 1 aromatic carbocycles. The number of benzene rings is 1. The average Bonchev–Trinajstić information content (AvgIpc) is 2.61. The Morgan fingerprint density at radius 3 is 2.60 bits per heavy atom. The maximum Gasteiger partial charge on any atom is 0.149 e. The molecule has 2 aromatic rings. The first-order chi connectivity index (χ1) is 7.22. The first-order valence-corrected chi connectivity index (χ1v) is 5.60. The Balaban J connectivity index is 2.49. The Labute approximate surface area is 96.8 Å². The number of nitrogens with zero attached hydrogens (tertiary/aromatic N) is 1. The summed E-state index contributed by atoms with van der Waals surface area (Å²) in [5.74, 6) is 0.593. The van der Waals surface area contributed by atoms with Gasteiger partial charge in [-0.25, -0.2) is 0 Å². The predicted octanol–water partition coefficient (Wildman–Crippen LogP) is 2.98. The third-order valence-electron chi connectivity index (χ3n) is 2.39. The van der Waals surface area contributed by atoms with Gasteiger partial charge in [0.05, 0.1) is 5.69 Å². The molecule has 78 valence electrons. The van der Waals surface area contributed by atoms with Crippen molar-refractivity contribution in [2.24, 2.45) is 0 Å². The van der Waals surface area contributed by atoms with Crippen molar-refractivity contribution in [1.29, 1.82) is 0 Å². The molecule has 0 aliphatic carbocycles. The van der Waals surface area contributed by atoms with Crippen LogP contribution in [0.25, 0.3) is 11.3 Å². The fraction of sp³-hybridized carbons (Fsp3) is 0.182. The van der Waals surface area contributed by atoms with Crippen molar-refractivity contribution in [1.82, 2.24) is 10.2 Å². The average molecular weight is 266 g/mol. The number of anilines is 1. The molecule has 1 heterocycles. The molecule has 0 saturated carbocycles. The Hall–Kier alpha value is -1.29. The smallest absolute Gasteiger partial charge is 0.149 e. The van der Waals surface area contributed by atoms with Crippen LogP contribution < -0.4 is 5.73 Å². The summed E-state index contributed by atoms with van der Waals surface area (Å²) in [4.78, 5) is 0. The largest absolute Gasteiger partial charge is 0.382 e. The van der Waals surface area contributed by atoms with Crippen molar-refractivity contribution >= 4 is 21.7 Å². The fourth-order valence-corrected chi connectivity index (χ4v) is 1.86. The van der Waals surface area contributed by atoms with E-state index in [0.717, 1.165) is 27.7 Å². The molecular formula is C11H12BrN3. The number of aromatic nitrogens is 2. The van der Waals surface area contributed by atoms with E-state index in [0.29, 0.717) is 5.82 Å². The van der Waals surface area contributed by atoms with Gasteiger partial charge in [0.1, 0.15) is 5.82 Å². The molecule has 3 N–H and O–H groups in total. The SMILES string of the molecule is CCc1c(N)n[nH]c1-c1ccc(Br)cc1. The van der Waals surface area contributed by atoms with Gasteiger partial charge >= 0.3 is 0 Å². The number of H-pyrrole nitrogens is 1. The minimum Gasteiger partial charge on any atom is -0.382 e. The number of rotatable bonds is 2. The summed E-state index contributed by atoms with van der Waals surface area (Å²) in [7, 11) is 0. The molecule has 1 aromatic heterocycles. The Morgan fingerprint density at radius 1 is 1.33 bits per heavy atom. The second kappa shape index (κ2) is 4.06. The number of hydrogen-bond donors (Lipinski definition) is 2. The molecule has 0 amide bonds. The van der Waals surface area contributed by atoms with Crippen molar-refractivity contribution < 1.29 is 0 Å².